The number of carboxylic acid groups (broad SMARTS) is 1. The van der Waals surface area contributed by atoms with Crippen molar-refractivity contribution < 1.29 is 24.3 Å². The Morgan fingerprint density at radius 2 is 1.07 bits per heavy atom. The first kappa shape index (κ1) is 31.8. The van der Waals surface area contributed by atoms with Crippen molar-refractivity contribution in [3.05, 3.63) is 118 Å². The fourth-order valence-corrected chi connectivity index (χ4v) is 5.80. The van der Waals surface area contributed by atoms with Crippen LogP contribution in [-0.4, -0.2) is 41.9 Å². The second kappa shape index (κ2) is 14.0. The Hall–Kier alpha value is -5.64. The summed E-state index contributed by atoms with van der Waals surface area (Å²) >= 11 is 0. The molecule has 0 aromatic heterocycles. The number of anilines is 4. The molecule has 46 heavy (non-hydrogen) atoms. The topological polar surface area (TPSA) is 145 Å². The van der Waals surface area contributed by atoms with E-state index in [0.717, 1.165) is 61.5 Å². The lowest BCUT2D eigenvalue weighted by molar-refractivity contribution is -0.115. The van der Waals surface area contributed by atoms with Crippen LogP contribution in [0.15, 0.2) is 84.9 Å². The van der Waals surface area contributed by atoms with Gasteiger partial charge in [-0.1, -0.05) is 24.3 Å². The van der Waals surface area contributed by atoms with Crippen molar-refractivity contribution in [3.63, 3.8) is 0 Å². The molecular formula is C36H37N5O5. The molecule has 0 unspecified atom stereocenters. The van der Waals surface area contributed by atoms with Crippen molar-refractivity contribution >= 4 is 46.4 Å². The van der Waals surface area contributed by atoms with Gasteiger partial charge in [0, 0.05) is 68.3 Å². The van der Waals surface area contributed by atoms with E-state index in [2.05, 4.69) is 20.4 Å². The number of primary amides is 1. The fraction of sp³-hybridized carbons (Fsp3) is 0.222. The first-order valence-electron chi connectivity index (χ1n) is 15.1. The SMILES string of the molecule is CC(=O)Nc1ccc2c(c1)CCN2Cc1ccc(C(=O)O)cc1.CC(=O)Nc1ccc2c(c1)CCN2Cc1ccc(C(N)=O)cc1. The van der Waals surface area contributed by atoms with Gasteiger partial charge in [-0.15, -0.1) is 0 Å². The number of hydrogen-bond acceptors (Lipinski definition) is 6. The zero-order valence-electron chi connectivity index (χ0n) is 25.9. The third-order valence-electron chi connectivity index (χ3n) is 7.97. The minimum absolute atomic E-state index is 0.0608. The van der Waals surface area contributed by atoms with Gasteiger partial charge in [-0.3, -0.25) is 14.4 Å². The number of benzene rings is 4. The molecule has 3 amide bonds. The summed E-state index contributed by atoms with van der Waals surface area (Å²) in [6, 6.07) is 26.3. The number of fused-ring (bicyclic) bond motifs is 2. The van der Waals surface area contributed by atoms with E-state index in [9.17, 15) is 19.2 Å². The Bertz CT molecular complexity index is 1640. The van der Waals surface area contributed by atoms with Gasteiger partial charge in [-0.05, 0) is 95.8 Å². The second-order valence-corrected chi connectivity index (χ2v) is 11.5. The molecule has 4 aromatic carbocycles. The van der Waals surface area contributed by atoms with Crippen molar-refractivity contribution in [2.45, 2.75) is 39.8 Å². The van der Waals surface area contributed by atoms with Gasteiger partial charge in [-0.2, -0.15) is 0 Å². The zero-order valence-corrected chi connectivity index (χ0v) is 25.9. The lowest BCUT2D eigenvalue weighted by Gasteiger charge is -2.20. The molecule has 6 rings (SSSR count). The molecule has 10 nitrogen and oxygen atoms in total. The summed E-state index contributed by atoms with van der Waals surface area (Å²) in [5.74, 6) is -1.45. The maximum atomic E-state index is 11.1. The maximum absolute atomic E-state index is 11.1. The van der Waals surface area contributed by atoms with Crippen LogP contribution in [0.4, 0.5) is 22.7 Å². The number of nitrogens with two attached hydrogens (primary N) is 1. The molecule has 0 atom stereocenters. The quantitative estimate of drug-likeness (QED) is 0.212. The van der Waals surface area contributed by atoms with Crippen LogP contribution < -0.4 is 26.2 Å². The average Bonchev–Trinajstić information content (AvgIpc) is 3.60. The van der Waals surface area contributed by atoms with Crippen molar-refractivity contribution in [1.82, 2.24) is 0 Å². The van der Waals surface area contributed by atoms with E-state index in [1.54, 1.807) is 24.3 Å². The van der Waals surface area contributed by atoms with Gasteiger partial charge in [0.25, 0.3) is 0 Å². The molecule has 0 fully saturated rings. The summed E-state index contributed by atoms with van der Waals surface area (Å²) in [7, 11) is 0. The van der Waals surface area contributed by atoms with E-state index in [1.807, 2.05) is 60.7 Å². The highest BCUT2D eigenvalue weighted by atomic mass is 16.4. The number of carbonyl (C=O) groups excluding carboxylic acids is 3. The van der Waals surface area contributed by atoms with Crippen molar-refractivity contribution in [2.24, 2.45) is 5.73 Å². The van der Waals surface area contributed by atoms with Crippen LogP contribution >= 0.6 is 0 Å². The molecule has 4 aromatic rings. The molecule has 0 radical (unpaired) electrons. The van der Waals surface area contributed by atoms with E-state index in [4.69, 9.17) is 10.8 Å². The lowest BCUT2D eigenvalue weighted by Crippen LogP contribution is -2.19. The predicted octanol–water partition coefficient (Wildman–Crippen LogP) is 5.21. The fourth-order valence-electron chi connectivity index (χ4n) is 5.80. The van der Waals surface area contributed by atoms with Crippen molar-refractivity contribution in [1.29, 1.82) is 0 Å². The Labute approximate surface area is 267 Å². The van der Waals surface area contributed by atoms with Gasteiger partial charge in [0.2, 0.25) is 17.7 Å². The number of aromatic carboxylic acids is 1. The molecule has 10 heteroatoms. The van der Waals surface area contributed by atoms with Crippen LogP contribution in [0, 0.1) is 0 Å². The van der Waals surface area contributed by atoms with Gasteiger partial charge in [-0.25, -0.2) is 4.79 Å². The largest absolute Gasteiger partial charge is 0.478 e. The van der Waals surface area contributed by atoms with E-state index >= 15 is 0 Å². The molecule has 0 saturated heterocycles. The first-order valence-corrected chi connectivity index (χ1v) is 15.1. The van der Waals surface area contributed by atoms with Gasteiger partial charge in [0.15, 0.2) is 0 Å². The van der Waals surface area contributed by atoms with E-state index in [0.29, 0.717) is 11.1 Å². The van der Waals surface area contributed by atoms with Gasteiger partial charge >= 0.3 is 5.97 Å². The van der Waals surface area contributed by atoms with E-state index in [1.165, 1.54) is 36.3 Å². The lowest BCUT2D eigenvalue weighted by atomic mass is 10.1. The van der Waals surface area contributed by atoms with Crippen LogP contribution in [0.25, 0.3) is 0 Å². The van der Waals surface area contributed by atoms with Gasteiger partial charge in [0.05, 0.1) is 5.56 Å². The monoisotopic (exact) mass is 619 g/mol. The molecular weight excluding hydrogens is 582 g/mol. The van der Waals surface area contributed by atoms with Crippen LogP contribution in [0.2, 0.25) is 0 Å². The summed E-state index contributed by atoms with van der Waals surface area (Å²) in [4.78, 5) is 48.8. The molecule has 2 heterocycles. The number of hydrogen-bond donors (Lipinski definition) is 4. The van der Waals surface area contributed by atoms with Crippen LogP contribution in [0.5, 0.6) is 0 Å². The van der Waals surface area contributed by atoms with Gasteiger partial charge in [0.1, 0.15) is 0 Å². The highest BCUT2D eigenvalue weighted by molar-refractivity contribution is 5.93. The molecule has 0 bridgehead atoms. The average molecular weight is 620 g/mol. The minimum atomic E-state index is -0.909. The summed E-state index contributed by atoms with van der Waals surface area (Å²) in [6.07, 6.45) is 1.90. The number of rotatable bonds is 8. The standard InChI is InChI=1S/C18H19N3O2.C18H18N2O3/c1-12(22)20-16-6-7-17-15(10-16)8-9-21(17)11-13-2-4-14(5-3-13)18(19)23;1-12(21)19-16-6-7-17-15(10-16)8-9-20(17)11-13-2-4-14(5-3-13)18(22)23/h2-7,10H,8-9,11H2,1H3,(H2,19,23)(H,20,22);2-7,10H,8-9,11H2,1H3,(H,19,21)(H,22,23). The molecule has 236 valence electrons. The Morgan fingerprint density at radius 1 is 0.652 bits per heavy atom. The van der Waals surface area contributed by atoms with E-state index in [-0.39, 0.29) is 11.8 Å². The predicted molar refractivity (Wildman–Crippen MR) is 179 cm³/mol. The number of carbonyl (C=O) groups is 4. The molecule has 2 aliphatic rings. The van der Waals surface area contributed by atoms with Gasteiger partial charge < -0.3 is 31.3 Å². The molecule has 5 N–H and O–H groups in total. The van der Waals surface area contributed by atoms with Crippen molar-refractivity contribution in [3.8, 4) is 0 Å². The number of carboxylic acids is 1. The number of nitrogens with one attached hydrogen (secondary N) is 2. The summed E-state index contributed by atoms with van der Waals surface area (Å²) < 4.78 is 0. The first-order chi connectivity index (χ1) is 22.0. The smallest absolute Gasteiger partial charge is 0.335 e. The third kappa shape index (κ3) is 7.89. The Balaban J connectivity index is 0.000000181. The second-order valence-electron chi connectivity index (χ2n) is 11.5. The minimum Gasteiger partial charge on any atom is -0.478 e. The molecule has 0 saturated carbocycles. The molecule has 0 aliphatic carbocycles. The molecule has 2 aliphatic heterocycles. The van der Waals surface area contributed by atoms with Crippen LogP contribution in [0.3, 0.4) is 0 Å². The maximum Gasteiger partial charge on any atom is 0.335 e. The normalized spacial score (nSPS) is 12.8. The van der Waals surface area contributed by atoms with Crippen molar-refractivity contribution in [2.75, 3.05) is 33.5 Å². The summed E-state index contributed by atoms with van der Waals surface area (Å²) in [6.45, 7) is 6.39. The van der Waals surface area contributed by atoms with E-state index < -0.39 is 11.9 Å². The highest BCUT2D eigenvalue weighted by Gasteiger charge is 2.21. The van der Waals surface area contributed by atoms with Crippen LogP contribution in [-0.2, 0) is 35.5 Å². The summed E-state index contributed by atoms with van der Waals surface area (Å²) in [5.41, 5.74) is 14.8. The van der Waals surface area contributed by atoms with Crippen LogP contribution in [0.1, 0.15) is 56.8 Å². The Morgan fingerprint density at radius 3 is 1.43 bits per heavy atom. The summed E-state index contributed by atoms with van der Waals surface area (Å²) in [5, 5.41) is 14.6. The third-order valence-corrected chi connectivity index (χ3v) is 7.97. The molecule has 0 spiro atoms. The zero-order chi connectivity index (χ0) is 32.8. The Kier molecular flexibility index (Phi) is 9.66. The highest BCUT2D eigenvalue weighted by Crippen LogP contribution is 2.33. The number of nitrogens with zero attached hydrogens (tertiary/aromatic N) is 2. The number of amides is 3.